The van der Waals surface area contributed by atoms with Crippen LogP contribution in [0.25, 0.3) is 10.9 Å². The monoisotopic (exact) mass is 849 g/mol. The highest BCUT2D eigenvalue weighted by Crippen LogP contribution is 2.50. The summed E-state index contributed by atoms with van der Waals surface area (Å²) in [7, 11) is 6.70. The van der Waals surface area contributed by atoms with Crippen LogP contribution in [0.3, 0.4) is 0 Å². The summed E-state index contributed by atoms with van der Waals surface area (Å²) in [5, 5.41) is 10.9. The molecule has 8 rings (SSSR count). The average Bonchev–Trinajstić information content (AvgIpc) is 3.69. The normalized spacial score (nSPS) is 24.6. The smallest absolute Gasteiger partial charge is 0.289 e. The number of carbonyl (C=O) groups is 2. The van der Waals surface area contributed by atoms with Crippen molar-refractivity contribution in [3.8, 4) is 23.0 Å². The molecule has 7 atom stereocenters. The van der Waals surface area contributed by atoms with Crippen LogP contribution in [0.4, 0.5) is 0 Å². The van der Waals surface area contributed by atoms with Crippen molar-refractivity contribution in [1.29, 1.82) is 0 Å². The van der Waals surface area contributed by atoms with E-state index in [0.29, 0.717) is 55.7 Å². The molecule has 12 heteroatoms. The minimum absolute atomic E-state index is 0.0156. The fourth-order valence-electron chi connectivity index (χ4n) is 11.1. The Balaban J connectivity index is 1.20. The van der Waals surface area contributed by atoms with Gasteiger partial charge in [0.2, 0.25) is 12.2 Å². The number of methoxy groups -OCH3 is 4. The number of piperidine rings is 1. The third kappa shape index (κ3) is 8.05. The number of hydrogen-bond acceptors (Lipinski definition) is 10. The molecule has 0 bridgehead atoms. The summed E-state index contributed by atoms with van der Waals surface area (Å²) in [5.41, 5.74) is 6.55. The van der Waals surface area contributed by atoms with Crippen molar-refractivity contribution in [3.63, 3.8) is 0 Å². The molecule has 0 aliphatic carbocycles. The minimum atomic E-state index is -0.740. The largest absolute Gasteiger partial charge is 0.493 e. The van der Waals surface area contributed by atoms with E-state index in [4.69, 9.17) is 28.4 Å². The van der Waals surface area contributed by atoms with Gasteiger partial charge in [-0.05, 0) is 122 Å². The van der Waals surface area contributed by atoms with E-state index < -0.39 is 6.29 Å². The van der Waals surface area contributed by atoms with Gasteiger partial charge in [0, 0.05) is 69.2 Å². The maximum Gasteiger partial charge on any atom is 0.289 e. The van der Waals surface area contributed by atoms with Crippen molar-refractivity contribution in [2.75, 3.05) is 61.3 Å². The van der Waals surface area contributed by atoms with E-state index in [1.54, 1.807) is 39.9 Å². The molecule has 0 saturated carbocycles. The molecule has 3 aromatic carbocycles. The van der Waals surface area contributed by atoms with E-state index in [9.17, 15) is 9.90 Å². The van der Waals surface area contributed by atoms with Gasteiger partial charge < -0.3 is 38.4 Å². The van der Waals surface area contributed by atoms with Gasteiger partial charge in [0.1, 0.15) is 0 Å². The third-order valence-electron chi connectivity index (χ3n) is 14.2. The maximum atomic E-state index is 15.5. The van der Waals surface area contributed by atoms with Gasteiger partial charge in [-0.25, -0.2) is 0 Å². The van der Waals surface area contributed by atoms with Gasteiger partial charge in [0.25, 0.3) is 5.91 Å². The van der Waals surface area contributed by atoms with Crippen LogP contribution in [-0.4, -0.2) is 98.9 Å². The van der Waals surface area contributed by atoms with Crippen molar-refractivity contribution in [1.82, 2.24) is 14.4 Å². The first kappa shape index (κ1) is 43.6. The zero-order valence-electron chi connectivity index (χ0n) is 37.4. The fourth-order valence-corrected chi connectivity index (χ4v) is 11.1. The van der Waals surface area contributed by atoms with Crippen molar-refractivity contribution < 1.29 is 43.1 Å². The third-order valence-corrected chi connectivity index (χ3v) is 14.2. The first-order valence-corrected chi connectivity index (χ1v) is 22.4. The highest BCUT2D eigenvalue weighted by atomic mass is 16.7. The predicted octanol–water partition coefficient (Wildman–Crippen LogP) is 8.25. The van der Waals surface area contributed by atoms with Crippen molar-refractivity contribution in [3.05, 3.63) is 94.4 Å². The van der Waals surface area contributed by atoms with Crippen LogP contribution >= 0.6 is 0 Å². The Hall–Kier alpha value is -5.04. The van der Waals surface area contributed by atoms with Crippen LogP contribution in [0, 0.1) is 17.8 Å². The van der Waals surface area contributed by atoms with Gasteiger partial charge in [0.15, 0.2) is 28.8 Å². The van der Waals surface area contributed by atoms with Gasteiger partial charge in [0.05, 0.1) is 40.0 Å². The maximum absolute atomic E-state index is 15.5. The van der Waals surface area contributed by atoms with Gasteiger partial charge >= 0.3 is 0 Å². The van der Waals surface area contributed by atoms with E-state index in [1.807, 2.05) is 48.4 Å². The molecular formula is C50H63N3O9. The van der Waals surface area contributed by atoms with Crippen LogP contribution in [-0.2, 0) is 27.1 Å². The second-order valence-corrected chi connectivity index (χ2v) is 17.3. The van der Waals surface area contributed by atoms with Gasteiger partial charge in [-0.2, -0.15) is 0 Å². The second kappa shape index (κ2) is 18.7. The first-order valence-electron chi connectivity index (χ1n) is 22.4. The number of nitrogens with zero attached hydrogens (tertiary/aromatic N) is 3. The summed E-state index contributed by atoms with van der Waals surface area (Å²) >= 11 is 0. The molecule has 1 N–H and O–H groups in total. The number of aliphatic hydroxyl groups excluding tert-OH is 1. The zero-order chi connectivity index (χ0) is 43.7. The molecule has 4 aromatic rings. The summed E-state index contributed by atoms with van der Waals surface area (Å²) in [4.78, 5) is 33.1. The molecule has 1 amide bonds. The molecule has 62 heavy (non-hydrogen) atoms. The molecule has 0 spiro atoms. The van der Waals surface area contributed by atoms with Crippen molar-refractivity contribution in [2.45, 2.75) is 90.0 Å². The van der Waals surface area contributed by atoms with Crippen LogP contribution in [0.15, 0.2) is 66.6 Å². The number of allylic oxidation sites excluding steroid dienone is 1. The van der Waals surface area contributed by atoms with E-state index in [0.717, 1.165) is 77.9 Å². The highest BCUT2D eigenvalue weighted by Gasteiger charge is 2.45. The van der Waals surface area contributed by atoms with Crippen LogP contribution in [0.1, 0.15) is 103 Å². The first-order chi connectivity index (χ1) is 30.2. The number of fused-ring (bicyclic) bond motifs is 5. The van der Waals surface area contributed by atoms with Crippen LogP contribution in [0.2, 0.25) is 0 Å². The van der Waals surface area contributed by atoms with E-state index in [1.165, 1.54) is 11.1 Å². The molecule has 4 aliphatic heterocycles. The number of aromatic nitrogens is 1. The lowest BCUT2D eigenvalue weighted by molar-refractivity contribution is -0.171. The molecule has 7 unspecified atom stereocenters. The number of ether oxygens (including phenoxy) is 6. The summed E-state index contributed by atoms with van der Waals surface area (Å²) in [6.45, 7) is 8.63. The lowest BCUT2D eigenvalue weighted by Crippen LogP contribution is -2.48. The zero-order valence-corrected chi connectivity index (χ0v) is 37.4. The highest BCUT2D eigenvalue weighted by molar-refractivity contribution is 5.95. The molecule has 1 aromatic heterocycles. The number of aliphatic hydroxyl groups is 1. The lowest BCUT2D eigenvalue weighted by Gasteiger charge is -2.49. The molecule has 332 valence electrons. The number of benzene rings is 3. The van der Waals surface area contributed by atoms with E-state index in [2.05, 4.69) is 36.1 Å². The molecule has 12 nitrogen and oxygen atoms in total. The van der Waals surface area contributed by atoms with Crippen molar-refractivity contribution in [2.24, 2.45) is 17.8 Å². The number of para-hydroxylation sites is 1. The molecule has 0 radical (unpaired) electrons. The number of carbonyl (C=O) groups excluding carboxylic acids is 2. The standard InChI is InChI=1S/C50H63N3O9/c1-8-31-28-51-18-16-32-23-44(57-4)46(59-6)25-37(32)42(51)21-34(31)22-43-38-26-47(60-7)45(58-5)24-33(38)17-19-52(43)49(56)48-27-39(36(14-12-20-54)50(62-48)61-9-2)40-29-53(30(3)55)41-15-11-10-13-35(40)41/h10-11,13,15,23-27,29,31,34,36,39,42-43,50,54H,8-9,12,14,16-22,28H2,1-7H3. The molecule has 5 heterocycles. The number of amides is 1. The molecule has 4 aliphatic rings. The summed E-state index contributed by atoms with van der Waals surface area (Å²) in [6.07, 6.45) is 8.60. The summed E-state index contributed by atoms with van der Waals surface area (Å²) in [6, 6.07) is 16.3. The average molecular weight is 850 g/mol. The quantitative estimate of drug-likeness (QED) is 0.133. The Morgan fingerprint density at radius 1 is 0.839 bits per heavy atom. The lowest BCUT2D eigenvalue weighted by atomic mass is 9.72. The number of rotatable bonds is 14. The summed E-state index contributed by atoms with van der Waals surface area (Å²) in [5.74, 6) is 2.95. The minimum Gasteiger partial charge on any atom is -0.493 e. The fraction of sp³-hybridized carbons (Fsp3) is 0.520. The Morgan fingerprint density at radius 2 is 1.50 bits per heavy atom. The topological polar surface area (TPSA) is 121 Å². The molecule has 1 fully saturated rings. The Bertz CT molecular complexity index is 2300. The Kier molecular flexibility index (Phi) is 13.2. The Labute approximate surface area is 365 Å². The van der Waals surface area contributed by atoms with Crippen LogP contribution in [0.5, 0.6) is 23.0 Å². The van der Waals surface area contributed by atoms with Gasteiger partial charge in [-0.3, -0.25) is 19.1 Å². The predicted molar refractivity (Wildman–Crippen MR) is 237 cm³/mol. The molecular weight excluding hydrogens is 787 g/mol. The Morgan fingerprint density at radius 3 is 2.16 bits per heavy atom. The van der Waals surface area contributed by atoms with E-state index >= 15 is 4.79 Å². The second-order valence-electron chi connectivity index (χ2n) is 17.3. The van der Waals surface area contributed by atoms with E-state index in [-0.39, 0.29) is 48.1 Å². The van der Waals surface area contributed by atoms with Gasteiger partial charge in [-0.1, -0.05) is 31.5 Å². The summed E-state index contributed by atoms with van der Waals surface area (Å²) < 4.78 is 37.9. The SMILES string of the molecule is CCOC1OC(C(=O)N2CCc3cc(OC)c(OC)cc3C2CC2CC3c4cc(OC)c(OC)cc4CCN3CC2CC)=CC(c2cn(C(C)=O)c3ccccc23)C1CCCO. The molecule has 1 saturated heterocycles. The number of hydrogen-bond donors (Lipinski definition) is 1. The van der Waals surface area contributed by atoms with Crippen LogP contribution < -0.4 is 18.9 Å². The van der Waals surface area contributed by atoms with Gasteiger partial charge in [-0.15, -0.1) is 0 Å². The van der Waals surface area contributed by atoms with Crippen molar-refractivity contribution >= 4 is 22.7 Å².